The number of rotatable bonds is 5. The lowest BCUT2D eigenvalue weighted by Gasteiger charge is -2.17. The van der Waals surface area contributed by atoms with E-state index in [9.17, 15) is 13.2 Å². The largest absolute Gasteiger partial charge is 0.329 e. The third-order valence-corrected chi connectivity index (χ3v) is 2.30. The van der Waals surface area contributed by atoms with Crippen molar-refractivity contribution in [3.8, 4) is 12.3 Å². The second-order valence-corrected chi connectivity index (χ2v) is 3.50. The Labute approximate surface area is 98.0 Å². The van der Waals surface area contributed by atoms with Crippen molar-refractivity contribution in [1.29, 1.82) is 0 Å². The van der Waals surface area contributed by atoms with Gasteiger partial charge in [0, 0.05) is 25.6 Å². The summed E-state index contributed by atoms with van der Waals surface area (Å²) in [7, 11) is 0. The van der Waals surface area contributed by atoms with Crippen molar-refractivity contribution < 1.29 is 13.2 Å². The predicted octanol–water partition coefficient (Wildman–Crippen LogP) is 1.72. The average molecular weight is 242 g/mol. The highest BCUT2D eigenvalue weighted by molar-refractivity contribution is 5.23. The van der Waals surface area contributed by atoms with Gasteiger partial charge in [-0.15, -0.1) is 12.3 Å². The minimum absolute atomic E-state index is 0.134. The van der Waals surface area contributed by atoms with E-state index in [4.69, 9.17) is 12.2 Å². The molecule has 1 aromatic carbocycles. The topological polar surface area (TPSA) is 38.0 Å². The van der Waals surface area contributed by atoms with Crippen molar-refractivity contribution in [2.24, 2.45) is 5.73 Å². The Morgan fingerprint density at radius 2 is 1.88 bits per heavy atom. The van der Waals surface area contributed by atoms with E-state index >= 15 is 0 Å². The molecule has 0 spiro atoms. The van der Waals surface area contributed by atoms with Crippen molar-refractivity contribution >= 4 is 0 Å². The van der Waals surface area contributed by atoms with Crippen molar-refractivity contribution in [2.45, 2.75) is 12.5 Å². The summed E-state index contributed by atoms with van der Waals surface area (Å²) < 4.78 is 38.8. The monoisotopic (exact) mass is 242 g/mol. The molecule has 0 saturated carbocycles. The van der Waals surface area contributed by atoms with E-state index in [0.29, 0.717) is 13.0 Å². The molecule has 0 bridgehead atoms. The van der Waals surface area contributed by atoms with Crippen LogP contribution < -0.4 is 11.1 Å². The van der Waals surface area contributed by atoms with Crippen molar-refractivity contribution in [3.05, 3.63) is 35.1 Å². The Morgan fingerprint density at radius 1 is 1.29 bits per heavy atom. The van der Waals surface area contributed by atoms with E-state index in [1.807, 2.05) is 0 Å². The van der Waals surface area contributed by atoms with Crippen LogP contribution in [-0.2, 0) is 0 Å². The predicted molar refractivity (Wildman–Crippen MR) is 59.6 cm³/mol. The summed E-state index contributed by atoms with van der Waals surface area (Å²) in [5, 5.41) is 2.94. The molecule has 17 heavy (non-hydrogen) atoms. The van der Waals surface area contributed by atoms with Crippen LogP contribution in [0.1, 0.15) is 18.0 Å². The van der Waals surface area contributed by atoms with Crippen molar-refractivity contribution in [1.82, 2.24) is 5.32 Å². The molecule has 92 valence electrons. The molecule has 0 aliphatic rings. The zero-order valence-corrected chi connectivity index (χ0v) is 9.14. The molecule has 0 heterocycles. The van der Waals surface area contributed by atoms with Crippen molar-refractivity contribution in [2.75, 3.05) is 13.1 Å². The van der Waals surface area contributed by atoms with Crippen LogP contribution in [0.25, 0.3) is 0 Å². The second-order valence-electron chi connectivity index (χ2n) is 3.50. The molecular weight excluding hydrogens is 229 g/mol. The summed E-state index contributed by atoms with van der Waals surface area (Å²) in [6, 6.07) is 1.41. The van der Waals surface area contributed by atoms with Crippen LogP contribution >= 0.6 is 0 Å². The first-order valence-electron chi connectivity index (χ1n) is 5.11. The van der Waals surface area contributed by atoms with E-state index in [0.717, 1.165) is 12.1 Å². The van der Waals surface area contributed by atoms with Crippen LogP contribution in [0, 0.1) is 29.8 Å². The highest BCUT2D eigenvalue weighted by Gasteiger charge is 2.15. The fourth-order valence-electron chi connectivity index (χ4n) is 1.43. The number of terminal acetylenes is 1. The molecule has 3 N–H and O–H groups in total. The zero-order valence-electron chi connectivity index (χ0n) is 9.14. The second kappa shape index (κ2) is 6.28. The molecule has 5 heteroatoms. The van der Waals surface area contributed by atoms with Crippen LogP contribution in [0.3, 0.4) is 0 Å². The molecule has 0 aromatic heterocycles. The minimum atomic E-state index is -1.48. The number of halogens is 3. The van der Waals surface area contributed by atoms with Gasteiger partial charge in [0.15, 0.2) is 17.5 Å². The summed E-state index contributed by atoms with van der Waals surface area (Å²) in [4.78, 5) is 0. The first-order chi connectivity index (χ1) is 8.10. The Bertz CT molecular complexity index is 403. The molecule has 0 aliphatic heterocycles. The average Bonchev–Trinajstić information content (AvgIpc) is 2.31. The van der Waals surface area contributed by atoms with Gasteiger partial charge < -0.3 is 11.1 Å². The van der Waals surface area contributed by atoms with Gasteiger partial charge in [-0.3, -0.25) is 0 Å². The van der Waals surface area contributed by atoms with E-state index in [1.54, 1.807) is 0 Å². The third kappa shape index (κ3) is 3.48. The Balaban J connectivity index is 2.85. The van der Waals surface area contributed by atoms with Crippen LogP contribution in [0.5, 0.6) is 0 Å². The molecule has 0 amide bonds. The maximum absolute atomic E-state index is 13.0. The van der Waals surface area contributed by atoms with Gasteiger partial charge in [0.2, 0.25) is 0 Å². The van der Waals surface area contributed by atoms with Gasteiger partial charge in [0.05, 0.1) is 0 Å². The van der Waals surface area contributed by atoms with Gasteiger partial charge in [-0.05, 0) is 17.7 Å². The number of hydrogen-bond acceptors (Lipinski definition) is 2. The van der Waals surface area contributed by atoms with Crippen LogP contribution in [-0.4, -0.2) is 13.1 Å². The summed E-state index contributed by atoms with van der Waals surface area (Å²) >= 11 is 0. The molecule has 1 rings (SSSR count). The fourth-order valence-corrected chi connectivity index (χ4v) is 1.43. The third-order valence-electron chi connectivity index (χ3n) is 2.30. The van der Waals surface area contributed by atoms with E-state index in [-0.39, 0.29) is 12.1 Å². The highest BCUT2D eigenvalue weighted by Crippen LogP contribution is 2.18. The van der Waals surface area contributed by atoms with Gasteiger partial charge in [-0.2, -0.15) is 0 Å². The van der Waals surface area contributed by atoms with Crippen LogP contribution in [0.2, 0.25) is 0 Å². The molecule has 0 radical (unpaired) electrons. The minimum Gasteiger partial charge on any atom is -0.329 e. The molecule has 1 unspecified atom stereocenters. The smallest absolute Gasteiger partial charge is 0.194 e. The maximum Gasteiger partial charge on any atom is 0.194 e. The van der Waals surface area contributed by atoms with Gasteiger partial charge in [-0.1, -0.05) is 0 Å². The molecule has 1 aromatic rings. The maximum atomic E-state index is 13.0. The number of nitrogens with two attached hydrogens (primary N) is 1. The quantitative estimate of drug-likeness (QED) is 0.468. The summed E-state index contributed by atoms with van der Waals surface area (Å²) in [5.74, 6) is -1.51. The summed E-state index contributed by atoms with van der Waals surface area (Å²) in [6.45, 7) is 0.605. The molecule has 1 atom stereocenters. The Hall–Kier alpha value is -1.51. The zero-order chi connectivity index (χ0) is 12.8. The number of benzene rings is 1. The number of nitrogens with one attached hydrogen (secondary N) is 1. The Kier molecular flexibility index (Phi) is 5.01. The van der Waals surface area contributed by atoms with Crippen molar-refractivity contribution in [3.63, 3.8) is 0 Å². The molecule has 0 fully saturated rings. The normalized spacial score (nSPS) is 12.2. The molecule has 2 nitrogen and oxygen atoms in total. The standard InChI is InChI=1S/C12H13F3N2/c1-2-3-4-17-11(7-16)8-5-9(13)12(15)10(14)6-8/h1,5-6,11,17H,3-4,7,16H2. The fraction of sp³-hybridized carbons (Fsp3) is 0.333. The van der Waals surface area contributed by atoms with Gasteiger partial charge in [0.25, 0.3) is 0 Å². The van der Waals surface area contributed by atoms with Crippen LogP contribution in [0.15, 0.2) is 12.1 Å². The van der Waals surface area contributed by atoms with E-state index < -0.39 is 23.5 Å². The highest BCUT2D eigenvalue weighted by atomic mass is 19.2. The van der Waals surface area contributed by atoms with E-state index in [2.05, 4.69) is 11.2 Å². The van der Waals surface area contributed by atoms with Crippen LogP contribution in [0.4, 0.5) is 13.2 Å². The lowest BCUT2D eigenvalue weighted by Crippen LogP contribution is -2.29. The van der Waals surface area contributed by atoms with E-state index in [1.165, 1.54) is 0 Å². The summed E-state index contributed by atoms with van der Waals surface area (Å²) in [5.41, 5.74) is 5.74. The SMILES string of the molecule is C#CCCNC(CN)c1cc(F)c(F)c(F)c1. The number of hydrogen-bond donors (Lipinski definition) is 2. The van der Waals surface area contributed by atoms with Gasteiger partial charge >= 0.3 is 0 Å². The first kappa shape index (κ1) is 13.6. The molecular formula is C12H13F3N2. The van der Waals surface area contributed by atoms with Gasteiger partial charge in [0.1, 0.15) is 0 Å². The first-order valence-corrected chi connectivity index (χ1v) is 5.11. The lowest BCUT2D eigenvalue weighted by molar-refractivity contribution is 0.440. The Morgan fingerprint density at radius 3 is 2.35 bits per heavy atom. The lowest BCUT2D eigenvalue weighted by atomic mass is 10.1. The molecule has 0 saturated heterocycles. The summed E-state index contributed by atoms with van der Waals surface area (Å²) in [6.07, 6.45) is 5.55. The van der Waals surface area contributed by atoms with Gasteiger partial charge in [-0.25, -0.2) is 13.2 Å². The molecule has 0 aliphatic carbocycles.